The molecule has 0 saturated carbocycles. The van der Waals surface area contributed by atoms with Gasteiger partial charge < -0.3 is 5.11 Å². The number of rotatable bonds is 7. The van der Waals surface area contributed by atoms with Crippen LogP contribution in [0.4, 0.5) is 0 Å². The van der Waals surface area contributed by atoms with E-state index in [2.05, 4.69) is 53.0 Å². The first-order valence-corrected chi connectivity index (χ1v) is 16.5. The van der Waals surface area contributed by atoms with E-state index in [0.29, 0.717) is 43.9 Å². The average molecular weight is 572 g/mol. The van der Waals surface area contributed by atoms with E-state index in [9.17, 15) is 14.7 Å². The average Bonchev–Trinajstić information content (AvgIpc) is 3.11. The Morgan fingerprint density at radius 3 is 2.02 bits per heavy atom. The predicted octanol–water partition coefficient (Wildman–Crippen LogP) is 7.96. The number of aliphatic hydroxyl groups is 1. The number of hydrogen-bond donors (Lipinski definition) is 1. The minimum atomic E-state index is -1.85. The third-order valence-electron chi connectivity index (χ3n) is 8.50. The van der Waals surface area contributed by atoms with Crippen LogP contribution in [0, 0.1) is 11.5 Å². The van der Waals surface area contributed by atoms with Crippen molar-refractivity contribution in [1.82, 2.24) is 4.90 Å². The van der Waals surface area contributed by atoms with E-state index < -0.39 is 13.8 Å². The van der Waals surface area contributed by atoms with Crippen molar-refractivity contribution < 1.29 is 14.7 Å². The SMILES string of the molecule is CC(=O)c1ccc2c(c1)C(=O)N(Cc1ccc(C#C[Si](C(C)C)(C(C)C)C(C)C)cc1)C2(O)c1ccc(Cl)cc1. The van der Waals surface area contributed by atoms with Gasteiger partial charge >= 0.3 is 0 Å². The first-order valence-electron chi connectivity index (χ1n) is 13.9. The number of nitrogens with zero attached hydrogens (tertiary/aromatic N) is 1. The van der Waals surface area contributed by atoms with Crippen molar-refractivity contribution in [3.8, 4) is 11.5 Å². The Morgan fingerprint density at radius 1 is 0.925 bits per heavy atom. The number of fused-ring (bicyclic) bond motifs is 1. The van der Waals surface area contributed by atoms with E-state index in [0.717, 1.165) is 11.1 Å². The molecule has 3 aromatic carbocycles. The normalized spacial score (nSPS) is 16.9. The van der Waals surface area contributed by atoms with Crippen LogP contribution in [0.15, 0.2) is 66.7 Å². The van der Waals surface area contributed by atoms with Gasteiger partial charge in [-0.1, -0.05) is 95.5 Å². The van der Waals surface area contributed by atoms with Gasteiger partial charge in [0.1, 0.15) is 8.07 Å². The summed E-state index contributed by atoms with van der Waals surface area (Å²) in [6, 6.07) is 19.7. The molecule has 0 radical (unpaired) electrons. The molecule has 1 aliphatic heterocycles. The van der Waals surface area contributed by atoms with Gasteiger partial charge in [-0.05, 0) is 59.4 Å². The van der Waals surface area contributed by atoms with Gasteiger partial charge in [-0.15, -0.1) is 5.54 Å². The van der Waals surface area contributed by atoms with Gasteiger partial charge in [0.05, 0.1) is 0 Å². The predicted molar refractivity (Wildman–Crippen MR) is 165 cm³/mol. The van der Waals surface area contributed by atoms with Crippen molar-refractivity contribution in [2.24, 2.45) is 0 Å². The zero-order valence-electron chi connectivity index (χ0n) is 24.4. The van der Waals surface area contributed by atoms with Crippen LogP contribution in [0.25, 0.3) is 0 Å². The largest absolute Gasteiger partial charge is 0.363 e. The lowest BCUT2D eigenvalue weighted by Gasteiger charge is -2.38. The fraction of sp³-hybridized carbons (Fsp3) is 0.353. The Balaban J connectivity index is 1.71. The summed E-state index contributed by atoms with van der Waals surface area (Å²) < 4.78 is 0. The standard InChI is InChI=1S/C34H38ClNO3Si/c1-22(2)40(23(3)4,24(5)6)19-18-26-8-10-27(11-9-26)21-36-33(38)31-20-28(25(7)37)12-17-32(31)34(36,39)29-13-15-30(35)16-14-29/h8-17,20,22-24,39H,21H2,1-7H3. The number of carbonyl (C=O) groups excluding carboxylic acids is 2. The highest BCUT2D eigenvalue weighted by molar-refractivity contribution is 6.90. The molecule has 0 aliphatic carbocycles. The van der Waals surface area contributed by atoms with Crippen LogP contribution in [0.5, 0.6) is 0 Å². The molecule has 40 heavy (non-hydrogen) atoms. The second-order valence-corrected chi connectivity index (χ2v) is 17.7. The summed E-state index contributed by atoms with van der Waals surface area (Å²) in [7, 11) is -1.85. The fourth-order valence-corrected chi connectivity index (χ4v) is 11.7. The van der Waals surface area contributed by atoms with Crippen molar-refractivity contribution >= 4 is 31.4 Å². The molecule has 4 rings (SSSR count). The van der Waals surface area contributed by atoms with Crippen LogP contribution in [-0.2, 0) is 12.3 Å². The molecule has 1 amide bonds. The molecule has 0 saturated heterocycles. The molecular formula is C34H38ClNO3Si. The minimum Gasteiger partial charge on any atom is -0.363 e. The number of benzene rings is 3. The second-order valence-electron chi connectivity index (χ2n) is 11.7. The molecule has 6 heteroatoms. The van der Waals surface area contributed by atoms with Crippen LogP contribution in [0.2, 0.25) is 21.6 Å². The number of Topliss-reactive ketones (excluding diaryl/α,β-unsaturated/α-hetero) is 1. The molecule has 1 aliphatic rings. The summed E-state index contributed by atoms with van der Waals surface area (Å²) in [6.07, 6.45) is 0. The number of ketones is 1. The fourth-order valence-electron chi connectivity index (χ4n) is 6.35. The molecular weight excluding hydrogens is 534 g/mol. The van der Waals surface area contributed by atoms with Crippen LogP contribution in [0.3, 0.4) is 0 Å². The first kappa shape index (κ1) is 29.8. The van der Waals surface area contributed by atoms with E-state index in [4.69, 9.17) is 11.6 Å². The summed E-state index contributed by atoms with van der Waals surface area (Å²) in [4.78, 5) is 27.2. The van der Waals surface area contributed by atoms with E-state index in [1.807, 2.05) is 24.3 Å². The molecule has 3 aromatic rings. The summed E-state index contributed by atoms with van der Waals surface area (Å²) in [5, 5.41) is 12.7. The third kappa shape index (κ3) is 5.17. The Kier molecular flexibility index (Phi) is 8.47. The molecule has 0 bridgehead atoms. The summed E-state index contributed by atoms with van der Waals surface area (Å²) in [5.74, 6) is 3.00. The number of halogens is 1. The molecule has 4 nitrogen and oxygen atoms in total. The molecule has 1 unspecified atom stereocenters. The molecule has 0 fully saturated rings. The zero-order chi connectivity index (χ0) is 29.4. The van der Waals surface area contributed by atoms with Crippen molar-refractivity contribution in [1.29, 1.82) is 0 Å². The first-order chi connectivity index (χ1) is 18.8. The lowest BCUT2D eigenvalue weighted by atomic mass is 9.92. The Hall–Kier alpha value is -3.17. The summed E-state index contributed by atoms with van der Waals surface area (Å²) >= 11 is 6.13. The monoisotopic (exact) mass is 571 g/mol. The number of hydrogen-bond acceptors (Lipinski definition) is 3. The van der Waals surface area contributed by atoms with Crippen molar-refractivity contribution in [2.75, 3.05) is 0 Å². The minimum absolute atomic E-state index is 0.139. The molecule has 0 aromatic heterocycles. The molecule has 1 heterocycles. The van der Waals surface area contributed by atoms with Crippen molar-refractivity contribution in [3.05, 3.63) is 105 Å². The van der Waals surface area contributed by atoms with Crippen LogP contribution >= 0.6 is 11.6 Å². The number of carbonyl (C=O) groups is 2. The smallest absolute Gasteiger partial charge is 0.257 e. The molecule has 0 spiro atoms. The van der Waals surface area contributed by atoms with Crippen LogP contribution in [0.1, 0.15) is 91.4 Å². The van der Waals surface area contributed by atoms with E-state index >= 15 is 0 Å². The van der Waals surface area contributed by atoms with Gasteiger partial charge in [0.2, 0.25) is 0 Å². The Labute approximate surface area is 244 Å². The van der Waals surface area contributed by atoms with Gasteiger partial charge in [-0.3, -0.25) is 14.5 Å². The van der Waals surface area contributed by atoms with E-state index in [1.165, 1.54) is 11.8 Å². The maximum Gasteiger partial charge on any atom is 0.257 e. The molecule has 1 atom stereocenters. The topological polar surface area (TPSA) is 57.6 Å². The van der Waals surface area contributed by atoms with Gasteiger partial charge in [-0.25, -0.2) is 0 Å². The van der Waals surface area contributed by atoms with Crippen molar-refractivity contribution in [2.45, 2.75) is 77.4 Å². The number of amides is 1. The quantitative estimate of drug-likeness (QED) is 0.178. The molecule has 208 valence electrons. The van der Waals surface area contributed by atoms with E-state index in [1.54, 1.807) is 42.5 Å². The second kappa shape index (κ2) is 11.4. The van der Waals surface area contributed by atoms with E-state index in [-0.39, 0.29) is 18.2 Å². The Bertz CT molecular complexity index is 1460. The van der Waals surface area contributed by atoms with Gasteiger partial charge in [-0.2, -0.15) is 0 Å². The summed E-state index contributed by atoms with van der Waals surface area (Å²) in [5.41, 5.74) is 7.25. The summed E-state index contributed by atoms with van der Waals surface area (Å²) in [6.45, 7) is 15.5. The lowest BCUT2D eigenvalue weighted by molar-refractivity contribution is -0.0543. The maximum atomic E-state index is 13.7. The van der Waals surface area contributed by atoms with Crippen molar-refractivity contribution in [3.63, 3.8) is 0 Å². The van der Waals surface area contributed by atoms with Gasteiger partial charge in [0.25, 0.3) is 5.91 Å². The zero-order valence-corrected chi connectivity index (χ0v) is 26.1. The lowest BCUT2D eigenvalue weighted by Crippen LogP contribution is -2.44. The Morgan fingerprint density at radius 2 is 1.50 bits per heavy atom. The maximum absolute atomic E-state index is 13.7. The highest BCUT2D eigenvalue weighted by Gasteiger charge is 2.50. The molecule has 1 N–H and O–H groups in total. The third-order valence-corrected chi connectivity index (χ3v) is 15.0. The van der Waals surface area contributed by atoms with Gasteiger partial charge in [0, 0.05) is 39.4 Å². The van der Waals surface area contributed by atoms with Crippen LogP contribution < -0.4 is 0 Å². The highest BCUT2D eigenvalue weighted by Crippen LogP contribution is 2.44. The highest BCUT2D eigenvalue weighted by atomic mass is 35.5. The van der Waals surface area contributed by atoms with Crippen LogP contribution in [-0.4, -0.2) is 29.8 Å². The van der Waals surface area contributed by atoms with Gasteiger partial charge in [0.15, 0.2) is 11.5 Å².